The molecule has 0 aromatic heterocycles. The zero-order valence-electron chi connectivity index (χ0n) is 20.7. The van der Waals surface area contributed by atoms with Crippen LogP contribution in [-0.2, 0) is 14.3 Å². The van der Waals surface area contributed by atoms with E-state index in [1.54, 1.807) is 18.7 Å². The van der Waals surface area contributed by atoms with Crippen molar-refractivity contribution in [2.24, 2.45) is 5.41 Å². The Morgan fingerprint density at radius 2 is 1.69 bits per heavy atom. The summed E-state index contributed by atoms with van der Waals surface area (Å²) < 4.78 is 5.63. The molecule has 2 aromatic rings. The van der Waals surface area contributed by atoms with Crippen molar-refractivity contribution in [2.45, 2.75) is 57.9 Å². The van der Waals surface area contributed by atoms with Crippen LogP contribution in [0.3, 0.4) is 0 Å². The van der Waals surface area contributed by atoms with Crippen LogP contribution >= 0.6 is 0 Å². The fraction of sp³-hybridized carbons (Fsp3) is 0.464. The van der Waals surface area contributed by atoms with Gasteiger partial charge in [-0.2, -0.15) is 0 Å². The Bertz CT molecular complexity index is 1080. The summed E-state index contributed by atoms with van der Waals surface area (Å²) in [6.45, 7) is 6.35. The van der Waals surface area contributed by atoms with Crippen LogP contribution in [0, 0.1) is 5.41 Å². The first kappa shape index (κ1) is 24.8. The number of carbonyl (C=O) groups excluding carboxylic acids is 2. The fourth-order valence-corrected chi connectivity index (χ4v) is 5.40. The smallest absolute Gasteiger partial charge is 0.407 e. The lowest BCUT2D eigenvalue weighted by Gasteiger charge is -2.40. The number of piperidine rings is 1. The minimum absolute atomic E-state index is 0.0376. The van der Waals surface area contributed by atoms with E-state index in [9.17, 15) is 19.5 Å². The third-order valence-electron chi connectivity index (χ3n) is 7.44. The number of rotatable bonds is 7. The van der Waals surface area contributed by atoms with Crippen molar-refractivity contribution < 1.29 is 24.2 Å². The van der Waals surface area contributed by atoms with Crippen LogP contribution in [0.25, 0.3) is 11.1 Å². The first-order valence-electron chi connectivity index (χ1n) is 12.3. The Morgan fingerprint density at radius 1 is 1.09 bits per heavy atom. The lowest BCUT2D eigenvalue weighted by molar-refractivity contribution is -0.155. The van der Waals surface area contributed by atoms with Gasteiger partial charge in [0.15, 0.2) is 0 Å². The predicted molar refractivity (Wildman–Crippen MR) is 133 cm³/mol. The average molecular weight is 479 g/mol. The Balaban J connectivity index is 1.35. The van der Waals surface area contributed by atoms with E-state index in [0.29, 0.717) is 25.8 Å². The number of carbonyl (C=O) groups is 3. The summed E-state index contributed by atoms with van der Waals surface area (Å²) in [5.41, 5.74) is 2.87. The Labute approximate surface area is 206 Å². The summed E-state index contributed by atoms with van der Waals surface area (Å²) in [5, 5.41) is 12.5. The molecule has 1 fully saturated rings. The summed E-state index contributed by atoms with van der Waals surface area (Å²) in [6, 6.07) is 16.3. The van der Waals surface area contributed by atoms with E-state index in [4.69, 9.17) is 4.74 Å². The van der Waals surface area contributed by atoms with Crippen molar-refractivity contribution >= 4 is 18.0 Å². The van der Waals surface area contributed by atoms with Crippen molar-refractivity contribution in [2.75, 3.05) is 19.7 Å². The number of carboxylic acid groups (broad SMARTS) is 1. The number of aliphatic carboxylic acids is 1. The fourth-order valence-electron chi connectivity index (χ4n) is 5.40. The average Bonchev–Trinajstić information content (AvgIpc) is 3.15. The number of benzene rings is 2. The molecule has 2 aliphatic rings. The zero-order chi connectivity index (χ0) is 25.2. The van der Waals surface area contributed by atoms with Crippen molar-refractivity contribution in [1.82, 2.24) is 10.2 Å². The molecule has 35 heavy (non-hydrogen) atoms. The van der Waals surface area contributed by atoms with Crippen LogP contribution in [0.15, 0.2) is 48.5 Å². The van der Waals surface area contributed by atoms with E-state index in [-0.39, 0.29) is 31.4 Å². The van der Waals surface area contributed by atoms with E-state index in [2.05, 4.69) is 29.6 Å². The number of nitrogens with zero attached hydrogens (tertiary/aromatic N) is 1. The molecule has 4 rings (SSSR count). The number of hydrogen-bond donors (Lipinski definition) is 2. The van der Waals surface area contributed by atoms with Gasteiger partial charge >= 0.3 is 12.1 Å². The molecule has 0 radical (unpaired) electrons. The van der Waals surface area contributed by atoms with Gasteiger partial charge in [0.05, 0.1) is 5.41 Å². The van der Waals surface area contributed by atoms with Gasteiger partial charge in [0.1, 0.15) is 6.61 Å². The highest BCUT2D eigenvalue weighted by Crippen LogP contribution is 2.44. The molecule has 1 heterocycles. The molecule has 1 aliphatic heterocycles. The second kappa shape index (κ2) is 9.72. The number of amides is 2. The van der Waals surface area contributed by atoms with Crippen LogP contribution in [0.2, 0.25) is 0 Å². The van der Waals surface area contributed by atoms with Gasteiger partial charge in [0, 0.05) is 31.0 Å². The molecule has 1 unspecified atom stereocenters. The maximum Gasteiger partial charge on any atom is 0.407 e. The lowest BCUT2D eigenvalue weighted by atomic mass is 9.77. The molecule has 2 amide bonds. The molecule has 1 atom stereocenters. The minimum atomic E-state index is -0.891. The van der Waals surface area contributed by atoms with Crippen molar-refractivity contribution in [3.63, 3.8) is 0 Å². The molecule has 0 saturated carbocycles. The Hall–Kier alpha value is -3.35. The number of fused-ring (bicyclic) bond motifs is 3. The highest BCUT2D eigenvalue weighted by Gasteiger charge is 2.42. The molecular formula is C28H34N2O5. The third-order valence-corrected chi connectivity index (χ3v) is 7.44. The zero-order valence-corrected chi connectivity index (χ0v) is 20.7. The number of carboxylic acids is 1. The Kier molecular flexibility index (Phi) is 6.88. The number of nitrogens with one attached hydrogen (secondary N) is 1. The van der Waals surface area contributed by atoms with E-state index in [1.165, 1.54) is 0 Å². The van der Waals surface area contributed by atoms with Crippen molar-refractivity contribution in [3.05, 3.63) is 59.7 Å². The van der Waals surface area contributed by atoms with Gasteiger partial charge in [-0.05, 0) is 55.4 Å². The van der Waals surface area contributed by atoms with E-state index >= 15 is 0 Å². The Morgan fingerprint density at radius 3 is 2.26 bits per heavy atom. The summed E-state index contributed by atoms with van der Waals surface area (Å²) in [6.07, 6.45) is 1.21. The first-order chi connectivity index (χ1) is 16.7. The molecule has 7 heteroatoms. The molecule has 186 valence electrons. The molecule has 1 aliphatic carbocycles. The molecule has 1 saturated heterocycles. The molecule has 2 aromatic carbocycles. The van der Waals surface area contributed by atoms with Gasteiger partial charge in [0.2, 0.25) is 5.91 Å². The van der Waals surface area contributed by atoms with Gasteiger partial charge < -0.3 is 20.1 Å². The lowest BCUT2D eigenvalue weighted by Crippen LogP contribution is -2.53. The highest BCUT2D eigenvalue weighted by molar-refractivity contribution is 5.81. The summed E-state index contributed by atoms with van der Waals surface area (Å²) in [7, 11) is 0. The largest absolute Gasteiger partial charge is 0.481 e. The predicted octanol–water partition coefficient (Wildman–Crippen LogP) is 4.80. The monoisotopic (exact) mass is 478 g/mol. The number of likely N-dealkylation sites (tertiary alicyclic amines) is 1. The normalized spacial score (nSPS) is 19.6. The molecule has 2 N–H and O–H groups in total. The standard InChI is InChI=1S/C28H34N2O5/c1-4-28(25(32)33)14-9-15-30(18-28)24(31)16-27(2,3)29-26(34)35-17-23-21-12-7-5-10-19(21)20-11-6-8-13-22(20)23/h5-8,10-13,23H,4,9,14-18H2,1-3H3,(H,29,34)(H,32,33). The maximum atomic E-state index is 13.0. The summed E-state index contributed by atoms with van der Waals surface area (Å²) >= 11 is 0. The van der Waals surface area contributed by atoms with Crippen LogP contribution in [0.4, 0.5) is 4.79 Å². The van der Waals surface area contributed by atoms with Crippen LogP contribution in [0.1, 0.15) is 63.5 Å². The van der Waals surface area contributed by atoms with Crippen LogP contribution in [-0.4, -0.2) is 53.2 Å². The third kappa shape index (κ3) is 5.04. The number of ether oxygens (including phenoxy) is 1. The molecular weight excluding hydrogens is 444 g/mol. The van der Waals surface area contributed by atoms with Crippen LogP contribution in [0.5, 0.6) is 0 Å². The van der Waals surface area contributed by atoms with Gasteiger partial charge in [0.25, 0.3) is 0 Å². The highest BCUT2D eigenvalue weighted by atomic mass is 16.5. The van der Waals surface area contributed by atoms with Crippen molar-refractivity contribution in [1.29, 1.82) is 0 Å². The van der Waals surface area contributed by atoms with Gasteiger partial charge in [-0.3, -0.25) is 9.59 Å². The van der Waals surface area contributed by atoms with Crippen LogP contribution < -0.4 is 5.32 Å². The van der Waals surface area contributed by atoms with E-state index < -0.39 is 23.0 Å². The van der Waals surface area contributed by atoms with Gasteiger partial charge in [-0.15, -0.1) is 0 Å². The number of hydrogen-bond acceptors (Lipinski definition) is 4. The second-order valence-corrected chi connectivity index (χ2v) is 10.4. The molecule has 7 nitrogen and oxygen atoms in total. The van der Waals surface area contributed by atoms with Gasteiger partial charge in [-0.1, -0.05) is 55.5 Å². The van der Waals surface area contributed by atoms with Gasteiger partial charge in [-0.25, -0.2) is 4.79 Å². The second-order valence-electron chi connectivity index (χ2n) is 10.4. The maximum absolute atomic E-state index is 13.0. The quantitative estimate of drug-likeness (QED) is 0.596. The SMILES string of the molecule is CCC1(C(=O)O)CCCN(C(=O)CC(C)(C)NC(=O)OCC2c3ccccc3-c3ccccc32)C1. The summed E-state index contributed by atoms with van der Waals surface area (Å²) in [5.74, 6) is -1.05. The minimum Gasteiger partial charge on any atom is -0.481 e. The first-order valence-corrected chi connectivity index (χ1v) is 12.3. The summed E-state index contributed by atoms with van der Waals surface area (Å²) in [4.78, 5) is 39.2. The molecule has 0 bridgehead atoms. The number of alkyl carbamates (subject to hydrolysis) is 1. The van der Waals surface area contributed by atoms with Crippen molar-refractivity contribution in [3.8, 4) is 11.1 Å². The van der Waals surface area contributed by atoms with E-state index in [0.717, 1.165) is 22.3 Å². The van der Waals surface area contributed by atoms with E-state index in [1.807, 2.05) is 31.2 Å². The topological polar surface area (TPSA) is 95.9 Å². The molecule has 0 spiro atoms.